The summed E-state index contributed by atoms with van der Waals surface area (Å²) in [4.78, 5) is 12.5. The molecule has 1 heterocycles. The zero-order valence-corrected chi connectivity index (χ0v) is 18.2. The van der Waals surface area contributed by atoms with Crippen LogP contribution in [0.1, 0.15) is 29.8 Å². The number of amides is 1. The van der Waals surface area contributed by atoms with Crippen LogP contribution in [0.25, 0.3) is 0 Å². The minimum atomic E-state index is -0.422. The van der Waals surface area contributed by atoms with Crippen molar-refractivity contribution in [2.45, 2.75) is 20.4 Å². The SMILES string of the molecule is CC(C)COc1ccc(Cl)cc1Cn1ccc(NC(=O)c2c(Cl)cccc2Cl)n1. The van der Waals surface area contributed by atoms with E-state index in [1.807, 2.05) is 12.1 Å². The van der Waals surface area contributed by atoms with Crippen LogP contribution < -0.4 is 10.1 Å². The van der Waals surface area contributed by atoms with E-state index in [2.05, 4.69) is 24.3 Å². The first-order valence-corrected chi connectivity index (χ1v) is 10.2. The number of carbonyl (C=O) groups excluding carboxylic acids is 1. The van der Waals surface area contributed by atoms with Crippen LogP contribution in [-0.4, -0.2) is 22.3 Å². The Kier molecular flexibility index (Phi) is 7.06. The average Bonchev–Trinajstić information content (AvgIpc) is 3.07. The number of aromatic nitrogens is 2. The zero-order valence-electron chi connectivity index (χ0n) is 16.0. The predicted molar refractivity (Wildman–Crippen MR) is 118 cm³/mol. The van der Waals surface area contributed by atoms with Gasteiger partial charge in [-0.25, -0.2) is 0 Å². The third-order valence-corrected chi connectivity index (χ3v) is 4.86. The number of rotatable bonds is 7. The highest BCUT2D eigenvalue weighted by Crippen LogP contribution is 2.26. The van der Waals surface area contributed by atoms with Gasteiger partial charge in [-0.1, -0.05) is 54.7 Å². The first-order valence-electron chi connectivity index (χ1n) is 9.03. The van der Waals surface area contributed by atoms with Gasteiger partial charge in [0, 0.05) is 22.8 Å². The summed E-state index contributed by atoms with van der Waals surface area (Å²) >= 11 is 18.3. The van der Waals surface area contributed by atoms with Crippen LogP contribution >= 0.6 is 34.8 Å². The molecule has 0 bridgehead atoms. The van der Waals surface area contributed by atoms with Gasteiger partial charge in [-0.05, 0) is 36.2 Å². The predicted octanol–water partition coefficient (Wildman–Crippen LogP) is 6.18. The van der Waals surface area contributed by atoms with Crippen LogP contribution in [-0.2, 0) is 6.54 Å². The number of ether oxygens (including phenoxy) is 1. The number of benzene rings is 2. The van der Waals surface area contributed by atoms with Crippen molar-refractivity contribution in [3.63, 3.8) is 0 Å². The van der Waals surface area contributed by atoms with E-state index in [4.69, 9.17) is 39.5 Å². The second-order valence-corrected chi connectivity index (χ2v) is 8.16. The largest absolute Gasteiger partial charge is 0.493 e. The lowest BCUT2D eigenvalue weighted by Gasteiger charge is -2.13. The second kappa shape index (κ2) is 9.53. The number of nitrogens with zero attached hydrogens (tertiary/aromatic N) is 2. The maximum absolute atomic E-state index is 12.5. The highest BCUT2D eigenvalue weighted by Gasteiger charge is 2.16. The van der Waals surface area contributed by atoms with Gasteiger partial charge >= 0.3 is 0 Å². The molecule has 0 aliphatic carbocycles. The summed E-state index contributed by atoms with van der Waals surface area (Å²) in [6.45, 7) is 5.22. The lowest BCUT2D eigenvalue weighted by atomic mass is 10.2. The van der Waals surface area contributed by atoms with Crippen LogP contribution in [0.5, 0.6) is 5.75 Å². The normalized spacial score (nSPS) is 11.0. The van der Waals surface area contributed by atoms with Crippen LogP contribution in [0.3, 0.4) is 0 Å². The molecule has 0 radical (unpaired) electrons. The summed E-state index contributed by atoms with van der Waals surface area (Å²) in [6.07, 6.45) is 1.76. The highest BCUT2D eigenvalue weighted by molar-refractivity contribution is 6.40. The maximum atomic E-state index is 12.5. The lowest BCUT2D eigenvalue weighted by Crippen LogP contribution is -2.14. The minimum Gasteiger partial charge on any atom is -0.493 e. The van der Waals surface area contributed by atoms with Crippen LogP contribution in [0.2, 0.25) is 15.1 Å². The Bertz CT molecular complexity index is 998. The van der Waals surface area contributed by atoms with Gasteiger partial charge in [0.2, 0.25) is 0 Å². The van der Waals surface area contributed by atoms with E-state index in [1.165, 1.54) is 0 Å². The molecule has 5 nitrogen and oxygen atoms in total. The van der Waals surface area contributed by atoms with Crippen molar-refractivity contribution in [2.24, 2.45) is 5.92 Å². The van der Waals surface area contributed by atoms with Crippen molar-refractivity contribution in [3.8, 4) is 5.75 Å². The lowest BCUT2D eigenvalue weighted by molar-refractivity contribution is 0.102. The molecule has 0 aliphatic heterocycles. The Morgan fingerprint density at radius 1 is 1.14 bits per heavy atom. The van der Waals surface area contributed by atoms with E-state index in [9.17, 15) is 4.79 Å². The fourth-order valence-corrected chi connectivity index (χ4v) is 3.42. The summed E-state index contributed by atoms with van der Waals surface area (Å²) in [5, 5.41) is 8.28. The Labute approximate surface area is 184 Å². The molecule has 0 saturated heterocycles. The molecule has 0 atom stereocenters. The fraction of sp³-hybridized carbons (Fsp3) is 0.238. The Morgan fingerprint density at radius 2 is 1.86 bits per heavy atom. The van der Waals surface area contributed by atoms with E-state index in [-0.39, 0.29) is 15.6 Å². The molecule has 0 saturated carbocycles. The molecular formula is C21H20Cl3N3O2. The zero-order chi connectivity index (χ0) is 21.0. The number of nitrogens with one attached hydrogen (secondary N) is 1. The average molecular weight is 453 g/mol. The molecular weight excluding hydrogens is 433 g/mol. The first-order chi connectivity index (χ1) is 13.8. The molecule has 0 unspecified atom stereocenters. The van der Waals surface area contributed by atoms with Crippen molar-refractivity contribution in [3.05, 3.63) is 74.9 Å². The molecule has 1 N–H and O–H groups in total. The first kappa shape index (κ1) is 21.5. The number of halogens is 3. The van der Waals surface area contributed by atoms with Gasteiger partial charge in [0.1, 0.15) is 5.75 Å². The molecule has 1 amide bonds. The van der Waals surface area contributed by atoms with Crippen molar-refractivity contribution < 1.29 is 9.53 Å². The van der Waals surface area contributed by atoms with Gasteiger partial charge in [-0.2, -0.15) is 5.10 Å². The molecule has 0 spiro atoms. The molecule has 8 heteroatoms. The molecule has 0 fully saturated rings. The molecule has 3 rings (SSSR count). The van der Waals surface area contributed by atoms with Gasteiger partial charge in [-0.15, -0.1) is 0 Å². The number of hydrogen-bond donors (Lipinski definition) is 1. The number of carbonyl (C=O) groups is 1. The molecule has 29 heavy (non-hydrogen) atoms. The third kappa shape index (κ3) is 5.66. The Hall–Kier alpha value is -2.21. The van der Waals surface area contributed by atoms with Gasteiger partial charge < -0.3 is 10.1 Å². The summed E-state index contributed by atoms with van der Waals surface area (Å²) in [6, 6.07) is 12.1. The fourth-order valence-electron chi connectivity index (χ4n) is 2.65. The van der Waals surface area contributed by atoms with Gasteiger partial charge in [0.25, 0.3) is 5.91 Å². The quantitative estimate of drug-likeness (QED) is 0.466. The number of anilines is 1. The molecule has 1 aromatic heterocycles. The monoisotopic (exact) mass is 451 g/mol. The van der Waals surface area contributed by atoms with Gasteiger partial charge in [-0.3, -0.25) is 9.48 Å². The molecule has 2 aromatic carbocycles. The van der Waals surface area contributed by atoms with Crippen molar-refractivity contribution >= 4 is 46.5 Å². The van der Waals surface area contributed by atoms with Crippen LogP contribution in [0.4, 0.5) is 5.82 Å². The second-order valence-electron chi connectivity index (χ2n) is 6.91. The summed E-state index contributed by atoms with van der Waals surface area (Å²) < 4.78 is 7.57. The Balaban J connectivity index is 1.74. The summed E-state index contributed by atoms with van der Waals surface area (Å²) in [5.74, 6) is 1.13. The van der Waals surface area contributed by atoms with E-state index in [0.717, 1.165) is 11.3 Å². The highest BCUT2D eigenvalue weighted by atomic mass is 35.5. The van der Waals surface area contributed by atoms with E-state index < -0.39 is 5.91 Å². The Morgan fingerprint density at radius 3 is 2.55 bits per heavy atom. The molecule has 152 valence electrons. The van der Waals surface area contributed by atoms with E-state index in [1.54, 1.807) is 41.2 Å². The molecule has 3 aromatic rings. The smallest absolute Gasteiger partial charge is 0.259 e. The van der Waals surface area contributed by atoms with E-state index in [0.29, 0.717) is 29.9 Å². The summed E-state index contributed by atoms with van der Waals surface area (Å²) in [5.41, 5.74) is 1.11. The van der Waals surface area contributed by atoms with Crippen molar-refractivity contribution in [2.75, 3.05) is 11.9 Å². The summed E-state index contributed by atoms with van der Waals surface area (Å²) in [7, 11) is 0. The minimum absolute atomic E-state index is 0.213. The van der Waals surface area contributed by atoms with Crippen molar-refractivity contribution in [1.29, 1.82) is 0 Å². The van der Waals surface area contributed by atoms with Crippen LogP contribution in [0, 0.1) is 5.92 Å². The standard InChI is InChI=1S/C21H20Cl3N3O2/c1-13(2)12-29-18-7-6-15(22)10-14(18)11-27-9-8-19(26-27)25-21(28)20-16(23)4-3-5-17(20)24/h3-10,13H,11-12H2,1-2H3,(H,25,26,28). The third-order valence-electron chi connectivity index (χ3n) is 4.00. The van der Waals surface area contributed by atoms with Crippen LogP contribution in [0.15, 0.2) is 48.7 Å². The number of hydrogen-bond acceptors (Lipinski definition) is 3. The van der Waals surface area contributed by atoms with E-state index >= 15 is 0 Å². The topological polar surface area (TPSA) is 56.1 Å². The van der Waals surface area contributed by atoms with Gasteiger partial charge in [0.15, 0.2) is 5.82 Å². The van der Waals surface area contributed by atoms with Crippen molar-refractivity contribution in [1.82, 2.24) is 9.78 Å². The van der Waals surface area contributed by atoms with Gasteiger partial charge in [0.05, 0.1) is 28.8 Å². The maximum Gasteiger partial charge on any atom is 0.259 e. The molecule has 0 aliphatic rings.